The van der Waals surface area contributed by atoms with Gasteiger partial charge in [-0.05, 0) is 26.7 Å². The number of carbonyl (C=O) groups is 1. The highest BCUT2D eigenvalue weighted by Crippen LogP contribution is 2.27. The number of rotatable bonds is 3. The summed E-state index contributed by atoms with van der Waals surface area (Å²) in [6, 6.07) is 0. The van der Waals surface area contributed by atoms with E-state index < -0.39 is 5.54 Å². The van der Waals surface area contributed by atoms with Gasteiger partial charge in [0.25, 0.3) is 0 Å². The molecule has 1 aromatic rings. The van der Waals surface area contributed by atoms with E-state index in [0.29, 0.717) is 6.54 Å². The molecule has 1 fully saturated rings. The molecule has 1 saturated carbocycles. The molecule has 0 bridgehead atoms. The Morgan fingerprint density at radius 2 is 2.12 bits per heavy atom. The van der Waals surface area contributed by atoms with Crippen LogP contribution in [0.4, 0.5) is 0 Å². The second-order valence-corrected chi connectivity index (χ2v) is 4.85. The van der Waals surface area contributed by atoms with Crippen molar-refractivity contribution in [2.45, 2.75) is 51.6 Å². The molecule has 0 radical (unpaired) electrons. The van der Waals surface area contributed by atoms with E-state index >= 15 is 0 Å². The molecular formula is C12H19N3O2. The van der Waals surface area contributed by atoms with E-state index in [1.165, 1.54) is 0 Å². The van der Waals surface area contributed by atoms with Crippen LogP contribution in [0.3, 0.4) is 0 Å². The largest absolute Gasteiger partial charge is 0.361 e. The summed E-state index contributed by atoms with van der Waals surface area (Å²) in [4.78, 5) is 12.0. The number of nitrogens with zero attached hydrogens (tertiary/aromatic N) is 1. The maximum absolute atomic E-state index is 12.0. The van der Waals surface area contributed by atoms with E-state index in [4.69, 9.17) is 10.3 Å². The van der Waals surface area contributed by atoms with Crippen molar-refractivity contribution < 1.29 is 9.32 Å². The van der Waals surface area contributed by atoms with Gasteiger partial charge in [0.05, 0.1) is 11.2 Å². The first-order chi connectivity index (χ1) is 8.03. The van der Waals surface area contributed by atoms with Crippen molar-refractivity contribution in [3.05, 3.63) is 17.0 Å². The molecule has 0 aromatic carbocycles. The standard InChI is InChI=1S/C12H19N3O2/c1-8-10(9(2)17-15-8)7-14-11(16)12(13)5-3-4-6-12/h3-7,13H2,1-2H3,(H,14,16). The van der Waals surface area contributed by atoms with Gasteiger partial charge < -0.3 is 15.6 Å². The van der Waals surface area contributed by atoms with Crippen molar-refractivity contribution in [2.75, 3.05) is 0 Å². The van der Waals surface area contributed by atoms with Gasteiger partial charge in [0, 0.05) is 12.1 Å². The van der Waals surface area contributed by atoms with E-state index in [1.54, 1.807) is 0 Å². The number of aromatic nitrogens is 1. The number of nitrogens with two attached hydrogens (primary N) is 1. The second kappa shape index (κ2) is 4.49. The van der Waals surface area contributed by atoms with Crippen LogP contribution in [0, 0.1) is 13.8 Å². The average Bonchev–Trinajstić information content (AvgIpc) is 2.85. The molecule has 1 aromatic heterocycles. The van der Waals surface area contributed by atoms with Crippen LogP contribution in [0.15, 0.2) is 4.52 Å². The minimum atomic E-state index is -0.668. The quantitative estimate of drug-likeness (QED) is 0.827. The van der Waals surface area contributed by atoms with Crippen molar-refractivity contribution in [3.8, 4) is 0 Å². The first kappa shape index (κ1) is 12.1. The van der Waals surface area contributed by atoms with Crippen LogP contribution >= 0.6 is 0 Å². The smallest absolute Gasteiger partial charge is 0.240 e. The zero-order valence-corrected chi connectivity index (χ0v) is 10.4. The second-order valence-electron chi connectivity index (χ2n) is 4.85. The van der Waals surface area contributed by atoms with Crippen molar-refractivity contribution in [1.82, 2.24) is 10.5 Å². The maximum atomic E-state index is 12.0. The monoisotopic (exact) mass is 237 g/mol. The Bertz CT molecular complexity index is 400. The summed E-state index contributed by atoms with van der Waals surface area (Å²) in [6.45, 7) is 4.15. The fourth-order valence-electron chi connectivity index (χ4n) is 2.33. The molecule has 1 heterocycles. The van der Waals surface area contributed by atoms with Gasteiger partial charge >= 0.3 is 0 Å². The van der Waals surface area contributed by atoms with Crippen molar-refractivity contribution in [3.63, 3.8) is 0 Å². The Hall–Kier alpha value is -1.36. The van der Waals surface area contributed by atoms with Gasteiger partial charge in [-0.1, -0.05) is 18.0 Å². The van der Waals surface area contributed by atoms with Crippen LogP contribution < -0.4 is 11.1 Å². The Balaban J connectivity index is 1.97. The third kappa shape index (κ3) is 2.34. The van der Waals surface area contributed by atoms with Crippen LogP contribution in [0.2, 0.25) is 0 Å². The van der Waals surface area contributed by atoms with Crippen LogP contribution in [0.25, 0.3) is 0 Å². The molecule has 0 saturated heterocycles. The molecule has 94 valence electrons. The van der Waals surface area contributed by atoms with Gasteiger partial charge in [0.2, 0.25) is 5.91 Å². The molecule has 1 aliphatic rings. The minimum Gasteiger partial charge on any atom is -0.361 e. The molecule has 2 rings (SSSR count). The highest BCUT2D eigenvalue weighted by molar-refractivity contribution is 5.86. The van der Waals surface area contributed by atoms with Crippen molar-refractivity contribution >= 4 is 5.91 Å². The molecule has 0 atom stereocenters. The van der Waals surface area contributed by atoms with Gasteiger partial charge in [-0.25, -0.2) is 0 Å². The van der Waals surface area contributed by atoms with Gasteiger partial charge in [0.1, 0.15) is 5.76 Å². The molecule has 5 nitrogen and oxygen atoms in total. The van der Waals surface area contributed by atoms with Crippen LogP contribution in [0.5, 0.6) is 0 Å². The van der Waals surface area contributed by atoms with Crippen molar-refractivity contribution in [2.24, 2.45) is 5.73 Å². The number of hydrogen-bond acceptors (Lipinski definition) is 4. The lowest BCUT2D eigenvalue weighted by Crippen LogP contribution is -2.51. The zero-order valence-electron chi connectivity index (χ0n) is 10.4. The SMILES string of the molecule is Cc1noc(C)c1CNC(=O)C1(N)CCCC1. The van der Waals surface area contributed by atoms with E-state index in [9.17, 15) is 4.79 Å². The zero-order chi connectivity index (χ0) is 12.5. The summed E-state index contributed by atoms with van der Waals surface area (Å²) in [5.41, 5.74) is 7.16. The summed E-state index contributed by atoms with van der Waals surface area (Å²) < 4.78 is 5.05. The average molecular weight is 237 g/mol. The lowest BCUT2D eigenvalue weighted by molar-refractivity contribution is -0.126. The Labute approximate surface area is 101 Å². The highest BCUT2D eigenvalue weighted by Gasteiger charge is 2.36. The number of nitrogens with one attached hydrogen (secondary N) is 1. The normalized spacial score (nSPS) is 18.3. The predicted octanol–water partition coefficient (Wildman–Crippen LogP) is 1.18. The third-order valence-electron chi connectivity index (χ3n) is 3.55. The topological polar surface area (TPSA) is 81.2 Å². The van der Waals surface area contributed by atoms with Gasteiger partial charge in [0.15, 0.2) is 0 Å². The van der Waals surface area contributed by atoms with E-state index in [2.05, 4.69) is 10.5 Å². The predicted molar refractivity (Wildman–Crippen MR) is 63.2 cm³/mol. The number of hydrogen-bond donors (Lipinski definition) is 2. The number of amides is 1. The molecule has 1 aliphatic carbocycles. The lowest BCUT2D eigenvalue weighted by atomic mass is 9.98. The molecule has 5 heteroatoms. The maximum Gasteiger partial charge on any atom is 0.240 e. The van der Waals surface area contributed by atoms with E-state index in [0.717, 1.165) is 42.7 Å². The molecular weight excluding hydrogens is 218 g/mol. The Kier molecular flexibility index (Phi) is 3.19. The first-order valence-electron chi connectivity index (χ1n) is 6.02. The molecule has 3 N–H and O–H groups in total. The first-order valence-corrected chi connectivity index (χ1v) is 6.02. The Morgan fingerprint density at radius 1 is 1.47 bits per heavy atom. The van der Waals surface area contributed by atoms with Crippen LogP contribution in [0.1, 0.15) is 42.7 Å². The van der Waals surface area contributed by atoms with Gasteiger partial charge in [-0.15, -0.1) is 0 Å². The molecule has 1 amide bonds. The summed E-state index contributed by atoms with van der Waals surface area (Å²) in [5.74, 6) is 0.690. The fourth-order valence-corrected chi connectivity index (χ4v) is 2.33. The molecule has 0 unspecified atom stereocenters. The highest BCUT2D eigenvalue weighted by atomic mass is 16.5. The number of carbonyl (C=O) groups excluding carboxylic acids is 1. The summed E-state index contributed by atoms with van der Waals surface area (Å²) in [5, 5.41) is 6.74. The van der Waals surface area contributed by atoms with Gasteiger partial charge in [-0.3, -0.25) is 4.79 Å². The van der Waals surface area contributed by atoms with Crippen LogP contribution in [-0.2, 0) is 11.3 Å². The van der Waals surface area contributed by atoms with E-state index in [1.807, 2.05) is 13.8 Å². The third-order valence-corrected chi connectivity index (χ3v) is 3.55. The molecule has 0 aliphatic heterocycles. The summed E-state index contributed by atoms with van der Waals surface area (Å²) >= 11 is 0. The van der Waals surface area contributed by atoms with Gasteiger partial charge in [-0.2, -0.15) is 0 Å². The summed E-state index contributed by atoms with van der Waals surface area (Å²) in [6.07, 6.45) is 3.63. The summed E-state index contributed by atoms with van der Waals surface area (Å²) in [7, 11) is 0. The number of aryl methyl sites for hydroxylation is 2. The fraction of sp³-hybridized carbons (Fsp3) is 0.667. The lowest BCUT2D eigenvalue weighted by Gasteiger charge is -2.22. The molecule has 17 heavy (non-hydrogen) atoms. The van der Waals surface area contributed by atoms with E-state index in [-0.39, 0.29) is 5.91 Å². The van der Waals surface area contributed by atoms with Crippen LogP contribution in [-0.4, -0.2) is 16.6 Å². The minimum absolute atomic E-state index is 0.0602. The van der Waals surface area contributed by atoms with Crippen molar-refractivity contribution in [1.29, 1.82) is 0 Å². The molecule has 0 spiro atoms. The Morgan fingerprint density at radius 3 is 2.65 bits per heavy atom.